The standard InChI is InChI=1S/C56H36N4O/c1-5-16-38(17-6-1)49-35-51(59-55(57-49)41-20-9-3-10-21-41)40-32-30-37(31-33-40)45-26-14-28-47-48-29-15-27-46(54(48)61-53(45)47)43-24-13-25-44(34-43)52-36-50(39-18-7-2-8-19-39)58-56(60-52)42-22-11-4-12-23-42/h1-36H. The highest BCUT2D eigenvalue weighted by Crippen LogP contribution is 2.41. The van der Waals surface area contributed by atoms with Crippen molar-refractivity contribution in [3.8, 4) is 90.1 Å². The molecule has 0 bridgehead atoms. The Bertz CT molecular complexity index is 3210. The van der Waals surface area contributed by atoms with E-state index in [1.54, 1.807) is 0 Å². The van der Waals surface area contributed by atoms with Gasteiger partial charge < -0.3 is 4.42 Å². The summed E-state index contributed by atoms with van der Waals surface area (Å²) in [6.45, 7) is 0. The van der Waals surface area contributed by atoms with Crippen molar-refractivity contribution in [2.75, 3.05) is 0 Å². The second-order valence-corrected chi connectivity index (χ2v) is 15.0. The summed E-state index contributed by atoms with van der Waals surface area (Å²) in [5.41, 5.74) is 15.4. The fourth-order valence-corrected chi connectivity index (χ4v) is 8.08. The lowest BCUT2D eigenvalue weighted by atomic mass is 9.98. The van der Waals surface area contributed by atoms with Gasteiger partial charge in [-0.25, -0.2) is 19.9 Å². The number of hydrogen-bond acceptors (Lipinski definition) is 5. The fraction of sp³-hybridized carbons (Fsp3) is 0. The van der Waals surface area contributed by atoms with Gasteiger partial charge >= 0.3 is 0 Å². The van der Waals surface area contributed by atoms with Crippen LogP contribution in [0.1, 0.15) is 0 Å². The fourth-order valence-electron chi connectivity index (χ4n) is 8.08. The van der Waals surface area contributed by atoms with Crippen molar-refractivity contribution in [1.29, 1.82) is 0 Å². The van der Waals surface area contributed by atoms with Crippen LogP contribution in [0.15, 0.2) is 223 Å². The van der Waals surface area contributed by atoms with Gasteiger partial charge in [0, 0.05) is 55.3 Å². The summed E-state index contributed by atoms with van der Waals surface area (Å²) in [5, 5.41) is 2.14. The molecule has 0 atom stereocenters. The zero-order valence-corrected chi connectivity index (χ0v) is 33.0. The number of para-hydroxylation sites is 2. The van der Waals surface area contributed by atoms with Gasteiger partial charge in [-0.15, -0.1) is 0 Å². The average Bonchev–Trinajstić information content (AvgIpc) is 3.74. The molecular weight excluding hydrogens is 745 g/mol. The molecule has 61 heavy (non-hydrogen) atoms. The first-order valence-corrected chi connectivity index (χ1v) is 20.4. The lowest BCUT2D eigenvalue weighted by molar-refractivity contribution is 0.671. The summed E-state index contributed by atoms with van der Waals surface area (Å²) in [4.78, 5) is 20.1. The van der Waals surface area contributed by atoms with E-state index in [0.717, 1.165) is 100 Å². The molecular formula is C56H36N4O. The molecule has 0 saturated heterocycles. The maximum absolute atomic E-state index is 6.92. The third-order valence-corrected chi connectivity index (χ3v) is 11.1. The van der Waals surface area contributed by atoms with E-state index < -0.39 is 0 Å². The number of aromatic nitrogens is 4. The predicted molar refractivity (Wildman–Crippen MR) is 248 cm³/mol. The Morgan fingerprint density at radius 3 is 1.07 bits per heavy atom. The smallest absolute Gasteiger partial charge is 0.160 e. The minimum Gasteiger partial charge on any atom is -0.455 e. The van der Waals surface area contributed by atoms with Gasteiger partial charge in [-0.2, -0.15) is 0 Å². The molecule has 0 N–H and O–H groups in total. The molecule has 0 amide bonds. The summed E-state index contributed by atoms with van der Waals surface area (Å²) in [6.07, 6.45) is 0. The van der Waals surface area contributed by atoms with Crippen LogP contribution in [0.2, 0.25) is 0 Å². The van der Waals surface area contributed by atoms with Crippen molar-refractivity contribution in [3.05, 3.63) is 218 Å². The van der Waals surface area contributed by atoms with Gasteiger partial charge in [0.1, 0.15) is 11.2 Å². The lowest BCUT2D eigenvalue weighted by Gasteiger charge is -2.11. The minimum atomic E-state index is 0.688. The lowest BCUT2D eigenvalue weighted by Crippen LogP contribution is -1.96. The van der Waals surface area contributed by atoms with E-state index in [0.29, 0.717) is 11.6 Å². The van der Waals surface area contributed by atoms with E-state index >= 15 is 0 Å². The van der Waals surface area contributed by atoms with Crippen LogP contribution in [0.3, 0.4) is 0 Å². The molecule has 8 aromatic carbocycles. The third kappa shape index (κ3) is 6.94. The normalized spacial score (nSPS) is 11.3. The maximum Gasteiger partial charge on any atom is 0.160 e. The Labute approximate surface area is 353 Å². The molecule has 5 heteroatoms. The molecule has 0 saturated carbocycles. The number of furan rings is 1. The van der Waals surface area contributed by atoms with Crippen molar-refractivity contribution in [2.45, 2.75) is 0 Å². The summed E-state index contributed by atoms with van der Waals surface area (Å²) < 4.78 is 6.92. The number of fused-ring (bicyclic) bond motifs is 3. The first kappa shape index (κ1) is 35.8. The second-order valence-electron chi connectivity index (χ2n) is 15.0. The monoisotopic (exact) mass is 780 g/mol. The Hall–Kier alpha value is -8.28. The SMILES string of the molecule is c1ccc(-c2cc(-c3ccc(-c4cccc5c4oc4c(-c6cccc(-c7cc(-c8ccccc8)nc(-c8ccccc8)n7)c6)cccc45)cc3)nc(-c3ccccc3)n2)cc1. The molecule has 5 nitrogen and oxygen atoms in total. The molecule has 3 aromatic heterocycles. The van der Waals surface area contributed by atoms with Gasteiger partial charge in [0.2, 0.25) is 0 Å². The molecule has 0 unspecified atom stereocenters. The Morgan fingerprint density at radius 2 is 0.590 bits per heavy atom. The third-order valence-electron chi connectivity index (χ3n) is 11.1. The van der Waals surface area contributed by atoms with Crippen LogP contribution >= 0.6 is 0 Å². The Balaban J connectivity index is 0.972. The van der Waals surface area contributed by atoms with E-state index in [-0.39, 0.29) is 0 Å². The first-order valence-electron chi connectivity index (χ1n) is 20.4. The maximum atomic E-state index is 6.92. The van der Waals surface area contributed by atoms with Crippen molar-refractivity contribution >= 4 is 21.9 Å². The minimum absolute atomic E-state index is 0.688. The quantitative estimate of drug-likeness (QED) is 0.154. The number of nitrogens with zero attached hydrogens (tertiary/aromatic N) is 4. The topological polar surface area (TPSA) is 64.7 Å². The molecule has 0 aliphatic rings. The molecule has 286 valence electrons. The van der Waals surface area contributed by atoms with E-state index in [2.05, 4.69) is 146 Å². The summed E-state index contributed by atoms with van der Waals surface area (Å²) in [7, 11) is 0. The molecule has 0 spiro atoms. The second kappa shape index (κ2) is 15.5. The molecule has 0 fully saturated rings. The van der Waals surface area contributed by atoms with Gasteiger partial charge in [-0.3, -0.25) is 0 Å². The highest BCUT2D eigenvalue weighted by Gasteiger charge is 2.18. The Kier molecular flexibility index (Phi) is 9.10. The number of hydrogen-bond donors (Lipinski definition) is 0. The highest BCUT2D eigenvalue weighted by atomic mass is 16.3. The van der Waals surface area contributed by atoms with Crippen LogP contribution in [0.4, 0.5) is 0 Å². The van der Waals surface area contributed by atoms with Crippen molar-refractivity contribution in [3.63, 3.8) is 0 Å². The van der Waals surface area contributed by atoms with Gasteiger partial charge in [0.15, 0.2) is 11.6 Å². The van der Waals surface area contributed by atoms with E-state index in [1.165, 1.54) is 0 Å². The van der Waals surface area contributed by atoms with Gasteiger partial charge in [0.25, 0.3) is 0 Å². The summed E-state index contributed by atoms with van der Waals surface area (Å²) >= 11 is 0. The molecule has 0 aliphatic heterocycles. The number of benzene rings is 8. The molecule has 3 heterocycles. The van der Waals surface area contributed by atoms with E-state index in [1.807, 2.05) is 72.8 Å². The van der Waals surface area contributed by atoms with Crippen LogP contribution in [-0.4, -0.2) is 19.9 Å². The first-order chi connectivity index (χ1) is 30.2. The van der Waals surface area contributed by atoms with Crippen LogP contribution in [0.25, 0.3) is 112 Å². The Morgan fingerprint density at radius 1 is 0.246 bits per heavy atom. The molecule has 0 aliphatic carbocycles. The van der Waals surface area contributed by atoms with Crippen LogP contribution in [0, 0.1) is 0 Å². The van der Waals surface area contributed by atoms with Crippen molar-refractivity contribution in [1.82, 2.24) is 19.9 Å². The predicted octanol–water partition coefficient (Wildman–Crippen LogP) is 14.5. The van der Waals surface area contributed by atoms with E-state index in [4.69, 9.17) is 24.4 Å². The molecule has 0 radical (unpaired) electrons. The van der Waals surface area contributed by atoms with Gasteiger partial charge in [-0.1, -0.05) is 200 Å². The highest BCUT2D eigenvalue weighted by molar-refractivity contribution is 6.13. The number of rotatable bonds is 8. The summed E-state index contributed by atoms with van der Waals surface area (Å²) in [5.74, 6) is 1.38. The average molecular weight is 781 g/mol. The van der Waals surface area contributed by atoms with Gasteiger partial charge in [-0.05, 0) is 29.3 Å². The van der Waals surface area contributed by atoms with Crippen molar-refractivity contribution < 1.29 is 4.42 Å². The zero-order chi connectivity index (χ0) is 40.5. The van der Waals surface area contributed by atoms with Crippen LogP contribution < -0.4 is 0 Å². The van der Waals surface area contributed by atoms with E-state index in [9.17, 15) is 0 Å². The zero-order valence-electron chi connectivity index (χ0n) is 33.0. The van der Waals surface area contributed by atoms with Crippen LogP contribution in [-0.2, 0) is 0 Å². The van der Waals surface area contributed by atoms with Gasteiger partial charge in [0.05, 0.1) is 22.8 Å². The summed E-state index contributed by atoms with van der Waals surface area (Å²) in [6, 6.07) is 74.9. The van der Waals surface area contributed by atoms with Crippen molar-refractivity contribution in [2.24, 2.45) is 0 Å². The van der Waals surface area contributed by atoms with Crippen LogP contribution in [0.5, 0.6) is 0 Å². The molecule has 11 rings (SSSR count). The largest absolute Gasteiger partial charge is 0.455 e. The molecule has 11 aromatic rings.